The van der Waals surface area contributed by atoms with Gasteiger partial charge in [-0.05, 0) is 31.5 Å². The van der Waals surface area contributed by atoms with Crippen LogP contribution in [0.5, 0.6) is 0 Å². The highest BCUT2D eigenvalue weighted by Gasteiger charge is 2.22. The van der Waals surface area contributed by atoms with Crippen LogP contribution in [-0.2, 0) is 0 Å². The van der Waals surface area contributed by atoms with Crippen molar-refractivity contribution in [3.8, 4) is 16.3 Å². The molecule has 4 rings (SSSR count). The van der Waals surface area contributed by atoms with Crippen LogP contribution < -0.4 is 5.32 Å². The van der Waals surface area contributed by atoms with Gasteiger partial charge >= 0.3 is 0 Å². The van der Waals surface area contributed by atoms with E-state index in [0.717, 1.165) is 21.8 Å². The lowest BCUT2D eigenvalue weighted by atomic mass is 10.1. The van der Waals surface area contributed by atoms with Crippen molar-refractivity contribution in [2.75, 3.05) is 5.32 Å². The summed E-state index contributed by atoms with van der Waals surface area (Å²) in [6.45, 7) is 3.76. The molecule has 0 radical (unpaired) electrons. The molecular formula is C20H16ClN5OS. The monoisotopic (exact) mass is 409 g/mol. The normalized spacial score (nSPS) is 10.8. The lowest BCUT2D eigenvalue weighted by molar-refractivity contribution is 0.102. The third kappa shape index (κ3) is 3.42. The Balaban J connectivity index is 1.60. The maximum Gasteiger partial charge on any atom is 0.262 e. The van der Waals surface area contributed by atoms with Crippen LogP contribution in [0.3, 0.4) is 0 Å². The summed E-state index contributed by atoms with van der Waals surface area (Å²) in [6, 6.07) is 17.3. The number of carbonyl (C=O) groups is 1. The van der Waals surface area contributed by atoms with Gasteiger partial charge in [0.1, 0.15) is 15.7 Å². The molecule has 0 saturated carbocycles. The first-order chi connectivity index (χ1) is 13.5. The minimum Gasteiger partial charge on any atom is -0.296 e. The van der Waals surface area contributed by atoms with Gasteiger partial charge in [-0.1, -0.05) is 65.4 Å². The molecule has 2 aromatic heterocycles. The molecule has 0 fully saturated rings. The van der Waals surface area contributed by atoms with E-state index in [0.29, 0.717) is 16.4 Å². The van der Waals surface area contributed by atoms with Gasteiger partial charge < -0.3 is 0 Å². The molecule has 0 saturated heterocycles. The van der Waals surface area contributed by atoms with Crippen molar-refractivity contribution in [2.45, 2.75) is 13.8 Å². The fraction of sp³-hybridized carbons (Fsp3) is 0.100. The molecular weight excluding hydrogens is 394 g/mol. The molecule has 2 heterocycles. The number of nitrogens with one attached hydrogen (secondary N) is 1. The van der Waals surface area contributed by atoms with Gasteiger partial charge in [-0.2, -0.15) is 5.10 Å². The first-order valence-electron chi connectivity index (χ1n) is 8.56. The van der Waals surface area contributed by atoms with E-state index in [-0.39, 0.29) is 11.1 Å². The molecule has 140 valence electrons. The molecule has 0 spiro atoms. The van der Waals surface area contributed by atoms with E-state index in [1.54, 1.807) is 11.6 Å². The quantitative estimate of drug-likeness (QED) is 0.519. The molecule has 1 N–H and O–H groups in total. The standard InChI is InChI=1S/C20H16ClN5OS/c1-12-8-6-7-11-15(12)19-23-24-20(28-19)22-18(27)16-13(2)25-26(17(16)21)14-9-4-3-5-10-14/h3-11H,1-2H3,(H,22,24,27). The number of halogens is 1. The van der Waals surface area contributed by atoms with Gasteiger partial charge in [-0.3, -0.25) is 10.1 Å². The molecule has 28 heavy (non-hydrogen) atoms. The highest BCUT2D eigenvalue weighted by Crippen LogP contribution is 2.30. The summed E-state index contributed by atoms with van der Waals surface area (Å²) in [7, 11) is 0. The maximum absolute atomic E-state index is 12.8. The first-order valence-corrected chi connectivity index (χ1v) is 9.75. The van der Waals surface area contributed by atoms with E-state index >= 15 is 0 Å². The van der Waals surface area contributed by atoms with Crippen molar-refractivity contribution >= 4 is 34.0 Å². The van der Waals surface area contributed by atoms with Gasteiger partial charge in [0.15, 0.2) is 0 Å². The number of aryl methyl sites for hydroxylation is 2. The van der Waals surface area contributed by atoms with Crippen LogP contribution in [0.4, 0.5) is 5.13 Å². The third-order valence-electron chi connectivity index (χ3n) is 4.25. The van der Waals surface area contributed by atoms with Crippen LogP contribution in [0.1, 0.15) is 21.6 Å². The van der Waals surface area contributed by atoms with Crippen LogP contribution in [0.15, 0.2) is 54.6 Å². The second-order valence-electron chi connectivity index (χ2n) is 6.18. The predicted octanol–water partition coefficient (Wildman–Crippen LogP) is 4.91. The van der Waals surface area contributed by atoms with E-state index in [1.807, 2.05) is 61.5 Å². The first kappa shape index (κ1) is 18.3. The van der Waals surface area contributed by atoms with Crippen LogP contribution in [0.25, 0.3) is 16.3 Å². The number of hydrogen-bond acceptors (Lipinski definition) is 5. The SMILES string of the molecule is Cc1ccccc1-c1nnc(NC(=O)c2c(C)nn(-c3ccccc3)c2Cl)s1. The minimum atomic E-state index is -0.364. The number of hydrogen-bond donors (Lipinski definition) is 1. The summed E-state index contributed by atoms with van der Waals surface area (Å²) in [5.74, 6) is -0.364. The topological polar surface area (TPSA) is 72.7 Å². The van der Waals surface area contributed by atoms with Crippen molar-refractivity contribution in [3.05, 3.63) is 76.6 Å². The van der Waals surface area contributed by atoms with Crippen molar-refractivity contribution in [2.24, 2.45) is 0 Å². The summed E-state index contributed by atoms with van der Waals surface area (Å²) in [5, 5.41) is 16.9. The molecule has 1 amide bonds. The van der Waals surface area contributed by atoms with Crippen molar-refractivity contribution in [3.63, 3.8) is 0 Å². The molecule has 0 aliphatic rings. The predicted molar refractivity (Wildman–Crippen MR) is 111 cm³/mol. The molecule has 8 heteroatoms. The van der Waals surface area contributed by atoms with Gasteiger partial charge in [-0.15, -0.1) is 10.2 Å². The van der Waals surface area contributed by atoms with E-state index in [9.17, 15) is 4.79 Å². The number of aromatic nitrogens is 4. The average Bonchev–Trinajstić information content (AvgIpc) is 3.27. The highest BCUT2D eigenvalue weighted by atomic mass is 35.5. The number of anilines is 1. The number of para-hydroxylation sites is 1. The smallest absolute Gasteiger partial charge is 0.262 e. The van der Waals surface area contributed by atoms with E-state index in [4.69, 9.17) is 11.6 Å². The largest absolute Gasteiger partial charge is 0.296 e. The van der Waals surface area contributed by atoms with Crippen LogP contribution >= 0.6 is 22.9 Å². The van der Waals surface area contributed by atoms with Gasteiger partial charge in [0.25, 0.3) is 5.91 Å². The molecule has 0 unspecified atom stereocenters. The number of benzene rings is 2. The Hall–Kier alpha value is -3.03. The maximum atomic E-state index is 12.8. The number of nitrogens with zero attached hydrogens (tertiary/aromatic N) is 4. The molecule has 6 nitrogen and oxygen atoms in total. The summed E-state index contributed by atoms with van der Waals surface area (Å²) < 4.78 is 1.55. The summed E-state index contributed by atoms with van der Waals surface area (Å²) >= 11 is 7.77. The van der Waals surface area contributed by atoms with Crippen LogP contribution in [-0.4, -0.2) is 25.9 Å². The lowest BCUT2D eigenvalue weighted by Crippen LogP contribution is -2.13. The van der Waals surface area contributed by atoms with E-state index in [2.05, 4.69) is 20.6 Å². The third-order valence-corrected chi connectivity index (χ3v) is 5.47. The Bertz CT molecular complexity index is 1150. The molecule has 2 aromatic carbocycles. The zero-order valence-electron chi connectivity index (χ0n) is 15.2. The average molecular weight is 410 g/mol. The Morgan fingerprint density at radius 3 is 2.50 bits per heavy atom. The lowest BCUT2D eigenvalue weighted by Gasteiger charge is -2.03. The van der Waals surface area contributed by atoms with Gasteiger partial charge in [0, 0.05) is 5.56 Å². The molecule has 0 aliphatic heterocycles. The van der Waals surface area contributed by atoms with Crippen molar-refractivity contribution < 1.29 is 4.79 Å². The van der Waals surface area contributed by atoms with Crippen LogP contribution in [0.2, 0.25) is 5.15 Å². The number of rotatable bonds is 4. The van der Waals surface area contributed by atoms with E-state index < -0.39 is 0 Å². The molecule has 0 bridgehead atoms. The Labute approximate surface area is 170 Å². The molecule has 0 aliphatic carbocycles. The fourth-order valence-corrected chi connectivity index (χ4v) is 4.04. The van der Waals surface area contributed by atoms with Gasteiger partial charge in [-0.25, -0.2) is 4.68 Å². The van der Waals surface area contributed by atoms with Crippen molar-refractivity contribution in [1.29, 1.82) is 0 Å². The highest BCUT2D eigenvalue weighted by molar-refractivity contribution is 7.18. The Kier molecular flexibility index (Phi) is 4.93. The second kappa shape index (κ2) is 7.53. The van der Waals surface area contributed by atoms with Gasteiger partial charge in [0.05, 0.1) is 11.4 Å². The van der Waals surface area contributed by atoms with Crippen LogP contribution in [0, 0.1) is 13.8 Å². The fourth-order valence-electron chi connectivity index (χ4n) is 2.85. The zero-order valence-corrected chi connectivity index (χ0v) is 16.8. The number of carbonyl (C=O) groups excluding carboxylic acids is 1. The second-order valence-corrected chi connectivity index (χ2v) is 7.52. The summed E-state index contributed by atoms with van der Waals surface area (Å²) in [5.41, 5.74) is 3.73. The Morgan fingerprint density at radius 2 is 1.75 bits per heavy atom. The molecule has 4 aromatic rings. The summed E-state index contributed by atoms with van der Waals surface area (Å²) in [4.78, 5) is 12.8. The number of amides is 1. The molecule has 0 atom stereocenters. The van der Waals surface area contributed by atoms with Gasteiger partial charge in [0.2, 0.25) is 5.13 Å². The zero-order chi connectivity index (χ0) is 19.7. The van der Waals surface area contributed by atoms with E-state index in [1.165, 1.54) is 11.3 Å². The summed E-state index contributed by atoms with van der Waals surface area (Å²) in [6.07, 6.45) is 0. The minimum absolute atomic E-state index is 0.254. The Morgan fingerprint density at radius 1 is 1.04 bits per heavy atom. The van der Waals surface area contributed by atoms with Crippen molar-refractivity contribution in [1.82, 2.24) is 20.0 Å².